The highest BCUT2D eigenvalue weighted by molar-refractivity contribution is 5.74. The molecule has 0 bridgehead atoms. The van der Waals surface area contributed by atoms with Crippen LogP contribution in [0.3, 0.4) is 0 Å². The number of benzene rings is 3. The summed E-state index contributed by atoms with van der Waals surface area (Å²) in [6.07, 6.45) is -0.0142. The van der Waals surface area contributed by atoms with Crippen molar-refractivity contribution in [1.82, 2.24) is 15.0 Å². The molecule has 0 unspecified atom stereocenters. The molecule has 0 aliphatic carbocycles. The molecule has 4 rings (SSSR count). The molecule has 0 saturated heterocycles. The zero-order valence-corrected chi connectivity index (χ0v) is 20.5. The molecular weight excluding hydrogens is 461 g/mol. The number of aryl methyl sites for hydroxylation is 1. The molecule has 0 aliphatic heterocycles. The lowest BCUT2D eigenvalue weighted by atomic mass is 9.94. The summed E-state index contributed by atoms with van der Waals surface area (Å²) in [7, 11) is 3.41. The largest absolute Gasteiger partial charge is 0.481 e. The highest BCUT2D eigenvalue weighted by atomic mass is 19.1. The summed E-state index contributed by atoms with van der Waals surface area (Å²) in [6, 6.07) is 18.8. The van der Waals surface area contributed by atoms with E-state index in [0.29, 0.717) is 36.0 Å². The molecule has 1 aromatic heterocycles. The minimum atomic E-state index is -0.893. The standard InChI is InChI=1S/C28H28FN3O4/c1-18-6-4-5-7-23(18)24-10-8-20(15-22(24)17-35-3)28-30-27(31-36-28)19-9-11-25(29)21(14-19)16-32(2)13-12-26(33)34/h4-11,14-15H,12-13,16-17H2,1-3H3,(H,33,34). The van der Waals surface area contributed by atoms with Crippen molar-refractivity contribution in [3.8, 4) is 34.0 Å². The summed E-state index contributed by atoms with van der Waals surface area (Å²) in [6.45, 7) is 3.08. The molecule has 0 amide bonds. The van der Waals surface area contributed by atoms with Crippen molar-refractivity contribution in [3.05, 3.63) is 83.2 Å². The number of rotatable bonds is 10. The maximum atomic E-state index is 14.4. The van der Waals surface area contributed by atoms with Crippen molar-refractivity contribution in [3.63, 3.8) is 0 Å². The molecule has 1 heterocycles. The van der Waals surface area contributed by atoms with Crippen LogP contribution in [0.2, 0.25) is 0 Å². The van der Waals surface area contributed by atoms with Crippen LogP contribution in [0.5, 0.6) is 0 Å². The molecule has 8 heteroatoms. The van der Waals surface area contributed by atoms with E-state index >= 15 is 0 Å². The number of carbonyl (C=O) groups is 1. The average molecular weight is 490 g/mol. The van der Waals surface area contributed by atoms with E-state index < -0.39 is 5.97 Å². The Balaban J connectivity index is 1.60. The summed E-state index contributed by atoms with van der Waals surface area (Å²) in [5.41, 5.74) is 6.18. The van der Waals surface area contributed by atoms with Crippen molar-refractivity contribution in [1.29, 1.82) is 0 Å². The Bertz CT molecular complexity index is 1370. The van der Waals surface area contributed by atoms with Crippen LogP contribution in [0.4, 0.5) is 4.39 Å². The normalized spacial score (nSPS) is 11.2. The van der Waals surface area contributed by atoms with E-state index in [1.807, 2.05) is 30.3 Å². The lowest BCUT2D eigenvalue weighted by molar-refractivity contribution is -0.137. The molecule has 0 fully saturated rings. The first-order chi connectivity index (χ1) is 17.4. The molecule has 0 spiro atoms. The molecule has 0 radical (unpaired) electrons. The monoisotopic (exact) mass is 489 g/mol. The Hall–Kier alpha value is -3.88. The summed E-state index contributed by atoms with van der Waals surface area (Å²) in [4.78, 5) is 17.1. The van der Waals surface area contributed by atoms with Crippen LogP contribution in [0, 0.1) is 12.7 Å². The molecule has 0 aliphatic rings. The van der Waals surface area contributed by atoms with Crippen molar-refractivity contribution in [2.24, 2.45) is 0 Å². The van der Waals surface area contributed by atoms with Crippen LogP contribution < -0.4 is 0 Å². The van der Waals surface area contributed by atoms with Gasteiger partial charge in [0.05, 0.1) is 13.0 Å². The van der Waals surface area contributed by atoms with Gasteiger partial charge < -0.3 is 19.3 Å². The molecule has 186 valence electrons. The Morgan fingerprint density at radius 3 is 2.56 bits per heavy atom. The molecule has 7 nitrogen and oxygen atoms in total. The quantitative estimate of drug-likeness (QED) is 0.311. The fourth-order valence-electron chi connectivity index (χ4n) is 4.09. The first-order valence-electron chi connectivity index (χ1n) is 11.6. The fourth-order valence-corrected chi connectivity index (χ4v) is 4.09. The Labute approximate surface area is 209 Å². The predicted octanol–water partition coefficient (Wildman–Crippen LogP) is 5.57. The summed E-state index contributed by atoms with van der Waals surface area (Å²) >= 11 is 0. The Kier molecular flexibility index (Phi) is 7.87. The Morgan fingerprint density at radius 2 is 1.81 bits per heavy atom. The summed E-state index contributed by atoms with van der Waals surface area (Å²) in [5, 5.41) is 13.0. The second-order valence-electron chi connectivity index (χ2n) is 8.73. The third kappa shape index (κ3) is 5.84. The van der Waals surface area contributed by atoms with Gasteiger partial charge in [-0.25, -0.2) is 4.39 Å². The number of aliphatic carboxylic acids is 1. The van der Waals surface area contributed by atoms with Gasteiger partial charge in [0.2, 0.25) is 5.82 Å². The van der Waals surface area contributed by atoms with E-state index in [-0.39, 0.29) is 18.8 Å². The first kappa shape index (κ1) is 25.2. The van der Waals surface area contributed by atoms with Crippen LogP contribution in [0.15, 0.2) is 65.2 Å². The number of hydrogen-bond acceptors (Lipinski definition) is 6. The van der Waals surface area contributed by atoms with Crippen LogP contribution in [-0.2, 0) is 22.7 Å². The molecular formula is C28H28FN3O4. The van der Waals surface area contributed by atoms with E-state index in [4.69, 9.17) is 14.4 Å². The number of carboxylic acid groups (broad SMARTS) is 1. The molecule has 0 atom stereocenters. The summed E-state index contributed by atoms with van der Waals surface area (Å²) < 4.78 is 25.4. The third-order valence-corrected chi connectivity index (χ3v) is 5.96. The van der Waals surface area contributed by atoms with E-state index in [9.17, 15) is 9.18 Å². The van der Waals surface area contributed by atoms with Crippen LogP contribution in [0.1, 0.15) is 23.1 Å². The highest BCUT2D eigenvalue weighted by Crippen LogP contribution is 2.32. The zero-order chi connectivity index (χ0) is 25.7. The molecule has 1 N–H and O–H groups in total. The molecule has 4 aromatic rings. The lowest BCUT2D eigenvalue weighted by Gasteiger charge is -2.16. The molecule has 3 aromatic carbocycles. The van der Waals surface area contributed by atoms with Crippen LogP contribution in [-0.4, -0.2) is 46.8 Å². The fraction of sp³-hybridized carbons (Fsp3) is 0.250. The van der Waals surface area contributed by atoms with Crippen molar-refractivity contribution in [2.75, 3.05) is 20.7 Å². The van der Waals surface area contributed by atoms with Gasteiger partial charge in [0.1, 0.15) is 5.82 Å². The van der Waals surface area contributed by atoms with Gasteiger partial charge in [0, 0.05) is 36.9 Å². The maximum Gasteiger partial charge on any atom is 0.304 e. The predicted molar refractivity (Wildman–Crippen MR) is 135 cm³/mol. The SMILES string of the molecule is COCc1cc(-c2nc(-c3ccc(F)c(CN(C)CCC(=O)O)c3)no2)ccc1-c1ccccc1C. The average Bonchev–Trinajstić information content (AvgIpc) is 3.35. The number of ether oxygens (including phenoxy) is 1. The minimum absolute atomic E-state index is 0.0142. The zero-order valence-electron chi connectivity index (χ0n) is 20.5. The minimum Gasteiger partial charge on any atom is -0.481 e. The van der Waals surface area contributed by atoms with Gasteiger partial charge in [-0.15, -0.1) is 0 Å². The van der Waals surface area contributed by atoms with E-state index in [0.717, 1.165) is 22.3 Å². The van der Waals surface area contributed by atoms with Gasteiger partial charge in [-0.2, -0.15) is 4.98 Å². The number of nitrogens with zero attached hydrogens (tertiary/aromatic N) is 3. The van der Waals surface area contributed by atoms with Crippen molar-refractivity contribution < 1.29 is 23.6 Å². The third-order valence-electron chi connectivity index (χ3n) is 5.96. The number of carboxylic acids is 1. The topological polar surface area (TPSA) is 88.7 Å². The second-order valence-corrected chi connectivity index (χ2v) is 8.73. The van der Waals surface area contributed by atoms with Gasteiger partial charge in [0.25, 0.3) is 5.89 Å². The summed E-state index contributed by atoms with van der Waals surface area (Å²) in [5.74, 6) is -0.574. The van der Waals surface area contributed by atoms with Gasteiger partial charge in [-0.1, -0.05) is 35.5 Å². The van der Waals surface area contributed by atoms with E-state index in [2.05, 4.69) is 29.2 Å². The number of aromatic nitrogens is 2. The van der Waals surface area contributed by atoms with Gasteiger partial charge >= 0.3 is 5.97 Å². The number of halogens is 1. The molecule has 0 saturated carbocycles. The van der Waals surface area contributed by atoms with Gasteiger partial charge in [-0.05, 0) is 66.6 Å². The van der Waals surface area contributed by atoms with Crippen LogP contribution in [0.25, 0.3) is 34.0 Å². The number of hydrogen-bond donors (Lipinski definition) is 1. The van der Waals surface area contributed by atoms with Crippen LogP contribution >= 0.6 is 0 Å². The van der Waals surface area contributed by atoms with Crippen molar-refractivity contribution >= 4 is 5.97 Å². The van der Waals surface area contributed by atoms with E-state index in [1.165, 1.54) is 11.6 Å². The second kappa shape index (κ2) is 11.2. The smallest absolute Gasteiger partial charge is 0.304 e. The maximum absolute atomic E-state index is 14.4. The van der Waals surface area contributed by atoms with Gasteiger partial charge in [-0.3, -0.25) is 4.79 Å². The Morgan fingerprint density at radius 1 is 1.06 bits per heavy atom. The van der Waals surface area contributed by atoms with E-state index in [1.54, 1.807) is 31.2 Å². The van der Waals surface area contributed by atoms with Crippen molar-refractivity contribution in [2.45, 2.75) is 26.5 Å². The van der Waals surface area contributed by atoms with Gasteiger partial charge in [0.15, 0.2) is 0 Å². The number of methoxy groups -OCH3 is 1. The highest BCUT2D eigenvalue weighted by Gasteiger charge is 2.16. The first-order valence-corrected chi connectivity index (χ1v) is 11.6. The molecule has 36 heavy (non-hydrogen) atoms. The lowest BCUT2D eigenvalue weighted by Crippen LogP contribution is -2.21.